The van der Waals surface area contributed by atoms with Crippen molar-refractivity contribution < 1.29 is 9.84 Å². The zero-order chi connectivity index (χ0) is 13.2. The molecule has 1 atom stereocenters. The second-order valence-corrected chi connectivity index (χ2v) is 6.45. The number of para-hydroxylation sites is 1. The van der Waals surface area contributed by atoms with Crippen LogP contribution in [-0.4, -0.2) is 17.0 Å². The summed E-state index contributed by atoms with van der Waals surface area (Å²) in [5, 5.41) is 9.73. The fourth-order valence-corrected chi connectivity index (χ4v) is 3.49. The zero-order valence-electron chi connectivity index (χ0n) is 10.2. The maximum atomic E-state index is 9.73. The third kappa shape index (κ3) is 2.90. The summed E-state index contributed by atoms with van der Waals surface area (Å²) >= 11 is 5.11. The van der Waals surface area contributed by atoms with Crippen molar-refractivity contribution >= 4 is 27.7 Å². The Morgan fingerprint density at radius 3 is 2.95 bits per heavy atom. The molecule has 0 bridgehead atoms. The van der Waals surface area contributed by atoms with Gasteiger partial charge < -0.3 is 9.84 Å². The van der Waals surface area contributed by atoms with E-state index in [1.165, 1.54) is 5.56 Å². The number of phenols is 1. The van der Waals surface area contributed by atoms with Gasteiger partial charge in [-0.1, -0.05) is 28.1 Å². The second-order valence-electron chi connectivity index (χ2n) is 4.47. The van der Waals surface area contributed by atoms with Gasteiger partial charge in [0.1, 0.15) is 17.6 Å². The van der Waals surface area contributed by atoms with Gasteiger partial charge in [0.25, 0.3) is 0 Å². The van der Waals surface area contributed by atoms with Crippen LogP contribution in [0, 0.1) is 0 Å². The molecule has 0 aromatic heterocycles. The number of aromatic hydroxyl groups is 1. The molecule has 0 aliphatic carbocycles. The number of phenolic OH excluding ortho intramolecular Hbond substituents is 1. The van der Waals surface area contributed by atoms with Crippen LogP contribution in [0.2, 0.25) is 0 Å². The summed E-state index contributed by atoms with van der Waals surface area (Å²) in [4.78, 5) is 0.906. The predicted octanol–water partition coefficient (Wildman–Crippen LogP) is 4.25. The third-order valence-corrected chi connectivity index (χ3v) is 4.74. The highest BCUT2D eigenvalue weighted by molar-refractivity contribution is 9.10. The van der Waals surface area contributed by atoms with E-state index in [0.29, 0.717) is 5.75 Å². The van der Waals surface area contributed by atoms with E-state index in [1.54, 1.807) is 17.8 Å². The van der Waals surface area contributed by atoms with Crippen molar-refractivity contribution in [2.24, 2.45) is 0 Å². The number of hydrogen-bond donors (Lipinski definition) is 1. The molecule has 2 aromatic rings. The molecule has 0 fully saturated rings. The summed E-state index contributed by atoms with van der Waals surface area (Å²) in [6, 6.07) is 13.5. The topological polar surface area (TPSA) is 29.5 Å². The summed E-state index contributed by atoms with van der Waals surface area (Å²) in [5.41, 5.74) is 1.25. The minimum atomic E-state index is 0.175. The minimum Gasteiger partial charge on any atom is -0.507 e. The maximum absolute atomic E-state index is 9.73. The molecule has 0 saturated carbocycles. The number of thioether (sulfide) groups is 1. The van der Waals surface area contributed by atoms with Crippen molar-refractivity contribution in [2.45, 2.75) is 17.4 Å². The highest BCUT2D eigenvalue weighted by Crippen LogP contribution is 2.35. The van der Waals surface area contributed by atoms with E-state index < -0.39 is 0 Å². The molecule has 0 amide bonds. The number of hydrogen-bond acceptors (Lipinski definition) is 3. The standard InChI is InChI=1S/C15H13BrO2S/c16-11-5-6-14-10(7-11)8-12(18-14)9-19-15-4-2-1-3-13(15)17/h1-7,12,17H,8-9H2. The first-order valence-electron chi connectivity index (χ1n) is 6.08. The molecule has 1 aliphatic rings. The van der Waals surface area contributed by atoms with Crippen LogP contribution in [0.5, 0.6) is 11.5 Å². The average Bonchev–Trinajstić information content (AvgIpc) is 2.79. The normalized spacial score (nSPS) is 17.0. The van der Waals surface area contributed by atoms with E-state index >= 15 is 0 Å². The lowest BCUT2D eigenvalue weighted by Gasteiger charge is -2.10. The summed E-state index contributed by atoms with van der Waals surface area (Å²) in [6.07, 6.45) is 1.10. The van der Waals surface area contributed by atoms with E-state index in [1.807, 2.05) is 30.3 Å². The Balaban J connectivity index is 1.63. The molecule has 4 heteroatoms. The van der Waals surface area contributed by atoms with Crippen LogP contribution < -0.4 is 4.74 Å². The van der Waals surface area contributed by atoms with Gasteiger partial charge in [0.2, 0.25) is 0 Å². The molecule has 0 spiro atoms. The fraction of sp³-hybridized carbons (Fsp3) is 0.200. The van der Waals surface area contributed by atoms with E-state index in [9.17, 15) is 5.11 Å². The Kier molecular flexibility index (Phi) is 3.71. The van der Waals surface area contributed by atoms with Crippen molar-refractivity contribution in [1.82, 2.24) is 0 Å². The summed E-state index contributed by atoms with van der Waals surface area (Å²) < 4.78 is 6.99. The van der Waals surface area contributed by atoms with Gasteiger partial charge in [-0.3, -0.25) is 0 Å². The van der Waals surface area contributed by atoms with Crippen LogP contribution in [0.4, 0.5) is 0 Å². The number of rotatable bonds is 3. The molecule has 98 valence electrons. The van der Waals surface area contributed by atoms with Crippen LogP contribution in [0.3, 0.4) is 0 Å². The Bertz CT molecular complexity index is 600. The van der Waals surface area contributed by atoms with Crippen LogP contribution in [0.1, 0.15) is 5.56 Å². The molecular weight excluding hydrogens is 324 g/mol. The van der Waals surface area contributed by atoms with Gasteiger partial charge >= 0.3 is 0 Å². The van der Waals surface area contributed by atoms with Crippen LogP contribution in [-0.2, 0) is 6.42 Å². The second kappa shape index (κ2) is 5.47. The summed E-state index contributed by atoms with van der Waals surface area (Å²) in [7, 11) is 0. The predicted molar refractivity (Wildman–Crippen MR) is 81.1 cm³/mol. The highest BCUT2D eigenvalue weighted by atomic mass is 79.9. The van der Waals surface area contributed by atoms with Gasteiger partial charge in [0.15, 0.2) is 0 Å². The molecule has 1 aliphatic heterocycles. The summed E-state index contributed by atoms with van der Waals surface area (Å²) in [5.74, 6) is 2.15. The molecule has 1 heterocycles. The minimum absolute atomic E-state index is 0.175. The van der Waals surface area contributed by atoms with E-state index in [-0.39, 0.29) is 6.10 Å². The van der Waals surface area contributed by atoms with Gasteiger partial charge in [-0.15, -0.1) is 11.8 Å². The maximum Gasteiger partial charge on any atom is 0.129 e. The average molecular weight is 337 g/mol. The van der Waals surface area contributed by atoms with Crippen molar-refractivity contribution in [3.63, 3.8) is 0 Å². The highest BCUT2D eigenvalue weighted by Gasteiger charge is 2.23. The molecule has 19 heavy (non-hydrogen) atoms. The molecule has 1 unspecified atom stereocenters. The van der Waals surface area contributed by atoms with Crippen LogP contribution >= 0.6 is 27.7 Å². The van der Waals surface area contributed by atoms with Gasteiger partial charge in [-0.25, -0.2) is 0 Å². The molecule has 3 rings (SSSR count). The van der Waals surface area contributed by atoms with E-state index in [0.717, 1.165) is 27.3 Å². The molecule has 2 aromatic carbocycles. The van der Waals surface area contributed by atoms with Crippen molar-refractivity contribution in [2.75, 3.05) is 5.75 Å². The Morgan fingerprint density at radius 2 is 2.11 bits per heavy atom. The third-order valence-electron chi connectivity index (χ3n) is 3.05. The first-order chi connectivity index (χ1) is 9.22. The van der Waals surface area contributed by atoms with Gasteiger partial charge in [0, 0.05) is 21.5 Å². The van der Waals surface area contributed by atoms with Crippen LogP contribution in [0.25, 0.3) is 0 Å². The molecule has 1 N–H and O–H groups in total. The smallest absolute Gasteiger partial charge is 0.129 e. The zero-order valence-corrected chi connectivity index (χ0v) is 12.6. The van der Waals surface area contributed by atoms with Gasteiger partial charge in [0.05, 0.1) is 0 Å². The first kappa shape index (κ1) is 12.9. The van der Waals surface area contributed by atoms with E-state index in [2.05, 4.69) is 22.0 Å². The lowest BCUT2D eigenvalue weighted by atomic mass is 10.1. The Morgan fingerprint density at radius 1 is 1.26 bits per heavy atom. The molecule has 0 radical (unpaired) electrons. The van der Waals surface area contributed by atoms with Crippen molar-refractivity contribution in [1.29, 1.82) is 0 Å². The SMILES string of the molecule is Oc1ccccc1SCC1Cc2cc(Br)ccc2O1. The first-order valence-corrected chi connectivity index (χ1v) is 7.86. The Hall–Kier alpha value is -1.13. The van der Waals surface area contributed by atoms with Crippen molar-refractivity contribution in [3.05, 3.63) is 52.5 Å². The monoisotopic (exact) mass is 336 g/mol. The van der Waals surface area contributed by atoms with Gasteiger partial charge in [-0.2, -0.15) is 0 Å². The molecular formula is C15H13BrO2S. The van der Waals surface area contributed by atoms with Crippen molar-refractivity contribution in [3.8, 4) is 11.5 Å². The van der Waals surface area contributed by atoms with Gasteiger partial charge in [-0.05, 0) is 35.9 Å². The largest absolute Gasteiger partial charge is 0.507 e. The lowest BCUT2D eigenvalue weighted by molar-refractivity contribution is 0.259. The number of fused-ring (bicyclic) bond motifs is 1. The quantitative estimate of drug-likeness (QED) is 0.849. The van der Waals surface area contributed by atoms with Crippen LogP contribution in [0.15, 0.2) is 51.8 Å². The fourth-order valence-electron chi connectivity index (χ4n) is 2.14. The molecule has 0 saturated heterocycles. The molecule has 2 nitrogen and oxygen atoms in total. The number of halogens is 1. The summed E-state index contributed by atoms with van der Waals surface area (Å²) in [6.45, 7) is 0. The number of benzene rings is 2. The Labute approximate surface area is 124 Å². The van der Waals surface area contributed by atoms with E-state index in [4.69, 9.17) is 4.74 Å². The number of ether oxygens (including phenoxy) is 1. The lowest BCUT2D eigenvalue weighted by Crippen LogP contribution is -2.15.